The highest BCUT2D eigenvalue weighted by molar-refractivity contribution is 7.90. The van der Waals surface area contributed by atoms with Crippen LogP contribution in [0.25, 0.3) is 0 Å². The maximum absolute atomic E-state index is 11.3. The number of nitrogens with one attached hydrogen (secondary N) is 1. The smallest absolute Gasteiger partial charge is 0.175 e. The molecule has 0 heterocycles. The normalized spacial score (nSPS) is 13.7. The van der Waals surface area contributed by atoms with Gasteiger partial charge in [-0.05, 0) is 30.2 Å². The molecule has 0 aliphatic heterocycles. The molecule has 0 aliphatic rings. The van der Waals surface area contributed by atoms with Gasteiger partial charge in [0.15, 0.2) is 9.84 Å². The average Bonchev–Trinajstić information content (AvgIpc) is 2.25. The van der Waals surface area contributed by atoms with E-state index in [-0.39, 0.29) is 6.04 Å². The van der Waals surface area contributed by atoms with Crippen LogP contribution in [0.4, 0.5) is 5.69 Å². The van der Waals surface area contributed by atoms with Crippen LogP contribution in [-0.2, 0) is 9.84 Å². The zero-order chi connectivity index (χ0) is 13.1. The molecule has 0 saturated heterocycles. The molecule has 0 radical (unpaired) electrons. The summed E-state index contributed by atoms with van der Waals surface area (Å²) in [5, 5.41) is 3.29. The van der Waals surface area contributed by atoms with E-state index in [9.17, 15) is 8.42 Å². The van der Waals surface area contributed by atoms with Crippen molar-refractivity contribution in [2.24, 2.45) is 11.7 Å². The molecule has 96 valence electrons. The van der Waals surface area contributed by atoms with Crippen molar-refractivity contribution in [2.45, 2.75) is 24.8 Å². The summed E-state index contributed by atoms with van der Waals surface area (Å²) >= 11 is 0. The molecular weight excluding hydrogens is 236 g/mol. The Balaban J connectivity index is 2.82. The summed E-state index contributed by atoms with van der Waals surface area (Å²) in [7, 11) is -3.12. The van der Waals surface area contributed by atoms with Gasteiger partial charge >= 0.3 is 0 Å². The first kappa shape index (κ1) is 14.0. The first-order chi connectivity index (χ1) is 7.84. The van der Waals surface area contributed by atoms with Crippen LogP contribution in [0.3, 0.4) is 0 Å². The van der Waals surface area contributed by atoms with Crippen LogP contribution in [0.1, 0.15) is 13.8 Å². The summed E-state index contributed by atoms with van der Waals surface area (Å²) in [5.41, 5.74) is 6.55. The molecule has 0 amide bonds. The summed E-state index contributed by atoms with van der Waals surface area (Å²) in [4.78, 5) is 0.330. The number of nitrogens with two attached hydrogens (primary N) is 1. The first-order valence-electron chi connectivity index (χ1n) is 5.61. The van der Waals surface area contributed by atoms with Gasteiger partial charge in [-0.1, -0.05) is 13.8 Å². The zero-order valence-electron chi connectivity index (χ0n) is 10.5. The number of anilines is 1. The van der Waals surface area contributed by atoms with Crippen molar-refractivity contribution in [3.63, 3.8) is 0 Å². The van der Waals surface area contributed by atoms with Gasteiger partial charge in [-0.25, -0.2) is 8.42 Å². The third-order valence-electron chi connectivity index (χ3n) is 2.69. The van der Waals surface area contributed by atoms with Crippen LogP contribution < -0.4 is 11.1 Å². The second-order valence-electron chi connectivity index (χ2n) is 4.53. The van der Waals surface area contributed by atoms with Gasteiger partial charge in [0.05, 0.1) is 4.90 Å². The molecule has 5 heteroatoms. The predicted molar refractivity (Wildman–Crippen MR) is 70.9 cm³/mol. The van der Waals surface area contributed by atoms with Crippen molar-refractivity contribution < 1.29 is 8.42 Å². The molecule has 17 heavy (non-hydrogen) atoms. The lowest BCUT2D eigenvalue weighted by Crippen LogP contribution is -2.33. The van der Waals surface area contributed by atoms with E-state index in [1.807, 2.05) is 0 Å². The fraction of sp³-hybridized carbons (Fsp3) is 0.500. The second kappa shape index (κ2) is 5.51. The molecule has 1 unspecified atom stereocenters. The Morgan fingerprint density at radius 2 is 1.76 bits per heavy atom. The molecule has 0 aromatic heterocycles. The first-order valence-corrected chi connectivity index (χ1v) is 7.50. The van der Waals surface area contributed by atoms with E-state index in [0.717, 1.165) is 5.69 Å². The highest BCUT2D eigenvalue weighted by Gasteiger charge is 2.11. The Kier molecular flexibility index (Phi) is 4.54. The fourth-order valence-corrected chi connectivity index (χ4v) is 2.14. The van der Waals surface area contributed by atoms with E-state index in [1.54, 1.807) is 24.3 Å². The summed E-state index contributed by atoms with van der Waals surface area (Å²) in [5.74, 6) is 0.426. The maximum Gasteiger partial charge on any atom is 0.175 e. The standard InChI is InChI=1S/C12H20N2O2S/c1-9(2)12(8-13)14-10-4-6-11(7-5-10)17(3,15)16/h4-7,9,12,14H,8,13H2,1-3H3. The van der Waals surface area contributed by atoms with Gasteiger partial charge < -0.3 is 11.1 Å². The SMILES string of the molecule is CC(C)C(CN)Nc1ccc(S(C)(=O)=O)cc1. The van der Waals surface area contributed by atoms with E-state index in [1.165, 1.54) is 6.26 Å². The molecule has 0 fully saturated rings. The van der Waals surface area contributed by atoms with Crippen LogP contribution in [-0.4, -0.2) is 27.3 Å². The molecular formula is C12H20N2O2S. The molecule has 1 atom stereocenters. The van der Waals surface area contributed by atoms with Crippen molar-refractivity contribution in [1.82, 2.24) is 0 Å². The van der Waals surface area contributed by atoms with Crippen LogP contribution in [0.5, 0.6) is 0 Å². The van der Waals surface area contributed by atoms with Gasteiger partial charge in [0.25, 0.3) is 0 Å². The third-order valence-corrected chi connectivity index (χ3v) is 3.82. The summed E-state index contributed by atoms with van der Waals surface area (Å²) in [6, 6.07) is 6.93. The Labute approximate surface area is 103 Å². The van der Waals surface area contributed by atoms with Gasteiger partial charge in [-0.15, -0.1) is 0 Å². The van der Waals surface area contributed by atoms with Crippen molar-refractivity contribution in [1.29, 1.82) is 0 Å². The minimum absolute atomic E-state index is 0.194. The number of hydrogen-bond donors (Lipinski definition) is 2. The fourth-order valence-electron chi connectivity index (χ4n) is 1.51. The van der Waals surface area contributed by atoms with Crippen LogP contribution in [0, 0.1) is 5.92 Å². The zero-order valence-corrected chi connectivity index (χ0v) is 11.3. The quantitative estimate of drug-likeness (QED) is 0.837. The second-order valence-corrected chi connectivity index (χ2v) is 6.54. The largest absolute Gasteiger partial charge is 0.381 e. The van der Waals surface area contributed by atoms with Gasteiger partial charge in [0, 0.05) is 24.5 Å². The van der Waals surface area contributed by atoms with Crippen LogP contribution in [0.2, 0.25) is 0 Å². The number of sulfone groups is 1. The Hall–Kier alpha value is -1.07. The van der Waals surface area contributed by atoms with E-state index in [0.29, 0.717) is 17.4 Å². The molecule has 0 bridgehead atoms. The van der Waals surface area contributed by atoms with Crippen LogP contribution >= 0.6 is 0 Å². The predicted octanol–water partition coefficient (Wildman–Crippen LogP) is 1.49. The Morgan fingerprint density at radius 1 is 1.24 bits per heavy atom. The van der Waals surface area contributed by atoms with Crippen molar-refractivity contribution in [3.05, 3.63) is 24.3 Å². The molecule has 1 aromatic carbocycles. The lowest BCUT2D eigenvalue weighted by molar-refractivity contribution is 0.531. The average molecular weight is 256 g/mol. The molecule has 0 saturated carbocycles. The van der Waals surface area contributed by atoms with Gasteiger partial charge in [0.1, 0.15) is 0 Å². The maximum atomic E-state index is 11.3. The van der Waals surface area contributed by atoms with Gasteiger partial charge in [-0.2, -0.15) is 0 Å². The summed E-state index contributed by atoms with van der Waals surface area (Å²) in [6.45, 7) is 4.73. The van der Waals surface area contributed by atoms with Gasteiger partial charge in [-0.3, -0.25) is 0 Å². The number of hydrogen-bond acceptors (Lipinski definition) is 4. The van der Waals surface area contributed by atoms with Gasteiger partial charge in [0.2, 0.25) is 0 Å². The van der Waals surface area contributed by atoms with E-state index in [2.05, 4.69) is 19.2 Å². The molecule has 3 N–H and O–H groups in total. The minimum Gasteiger partial charge on any atom is -0.381 e. The molecule has 1 aromatic rings. The highest BCUT2D eigenvalue weighted by atomic mass is 32.2. The highest BCUT2D eigenvalue weighted by Crippen LogP contribution is 2.16. The lowest BCUT2D eigenvalue weighted by atomic mass is 10.0. The number of benzene rings is 1. The monoisotopic (exact) mass is 256 g/mol. The van der Waals surface area contributed by atoms with E-state index < -0.39 is 9.84 Å². The molecule has 0 spiro atoms. The molecule has 0 aliphatic carbocycles. The van der Waals surface area contributed by atoms with Crippen molar-refractivity contribution in [2.75, 3.05) is 18.1 Å². The lowest BCUT2D eigenvalue weighted by Gasteiger charge is -2.21. The molecule has 1 rings (SSSR count). The van der Waals surface area contributed by atoms with Crippen LogP contribution in [0.15, 0.2) is 29.2 Å². The third kappa shape index (κ3) is 4.02. The van der Waals surface area contributed by atoms with Crippen molar-refractivity contribution >= 4 is 15.5 Å². The molecule has 4 nitrogen and oxygen atoms in total. The summed E-state index contributed by atoms with van der Waals surface area (Å²) in [6.07, 6.45) is 1.20. The van der Waals surface area contributed by atoms with Crippen molar-refractivity contribution in [3.8, 4) is 0 Å². The topological polar surface area (TPSA) is 72.2 Å². The van der Waals surface area contributed by atoms with E-state index in [4.69, 9.17) is 5.73 Å². The summed E-state index contributed by atoms with van der Waals surface area (Å²) < 4.78 is 22.6. The minimum atomic E-state index is -3.12. The Bertz CT molecular complexity index is 452. The van der Waals surface area contributed by atoms with E-state index >= 15 is 0 Å². The number of rotatable bonds is 5. The Morgan fingerprint density at radius 3 is 2.12 bits per heavy atom.